The molecule has 23 heavy (non-hydrogen) atoms. The Bertz CT molecular complexity index is 551. The zero-order valence-electron chi connectivity index (χ0n) is 13.5. The molecule has 126 valence electrons. The van der Waals surface area contributed by atoms with Gasteiger partial charge in [0.15, 0.2) is 0 Å². The van der Waals surface area contributed by atoms with Crippen LogP contribution in [-0.2, 0) is 20.9 Å². The fourth-order valence-electron chi connectivity index (χ4n) is 2.34. The Morgan fingerprint density at radius 1 is 1.22 bits per heavy atom. The topological polar surface area (TPSA) is 67.4 Å². The molecule has 0 aromatic heterocycles. The summed E-state index contributed by atoms with van der Waals surface area (Å²) >= 11 is 0. The lowest BCUT2D eigenvalue weighted by atomic mass is 9.91. The minimum absolute atomic E-state index is 0.0389. The molecule has 0 spiro atoms. The van der Waals surface area contributed by atoms with E-state index in [1.807, 2.05) is 0 Å². The van der Waals surface area contributed by atoms with Crippen molar-refractivity contribution < 1.29 is 18.7 Å². The number of benzene rings is 1. The third-order valence-electron chi connectivity index (χ3n) is 4.02. The van der Waals surface area contributed by atoms with Gasteiger partial charge in [-0.15, -0.1) is 0 Å². The monoisotopic (exact) mass is 322 g/mol. The van der Waals surface area contributed by atoms with Crippen LogP contribution in [0.15, 0.2) is 24.3 Å². The van der Waals surface area contributed by atoms with Crippen molar-refractivity contribution in [3.05, 3.63) is 35.6 Å². The van der Waals surface area contributed by atoms with E-state index in [9.17, 15) is 14.0 Å². The summed E-state index contributed by atoms with van der Waals surface area (Å²) in [4.78, 5) is 24.5. The van der Waals surface area contributed by atoms with E-state index in [0.717, 1.165) is 25.0 Å². The molecule has 1 saturated heterocycles. The average Bonchev–Trinajstić information content (AvgIpc) is 3.05. The highest BCUT2D eigenvalue weighted by Gasteiger charge is 2.36. The molecule has 1 fully saturated rings. The van der Waals surface area contributed by atoms with Gasteiger partial charge >= 0.3 is 0 Å². The van der Waals surface area contributed by atoms with Gasteiger partial charge in [-0.2, -0.15) is 0 Å². The van der Waals surface area contributed by atoms with Crippen molar-refractivity contribution in [2.75, 3.05) is 13.2 Å². The second-order valence-corrected chi connectivity index (χ2v) is 6.28. The van der Waals surface area contributed by atoms with Gasteiger partial charge < -0.3 is 15.4 Å². The van der Waals surface area contributed by atoms with Crippen molar-refractivity contribution in [3.63, 3.8) is 0 Å². The zero-order valence-corrected chi connectivity index (χ0v) is 13.5. The maximum Gasteiger partial charge on any atom is 0.235 e. The van der Waals surface area contributed by atoms with Crippen LogP contribution in [0.1, 0.15) is 32.3 Å². The third kappa shape index (κ3) is 4.76. The zero-order chi connectivity index (χ0) is 16.9. The van der Waals surface area contributed by atoms with E-state index in [1.165, 1.54) is 12.1 Å². The first-order valence-electron chi connectivity index (χ1n) is 7.82. The number of ether oxygens (including phenoxy) is 1. The Morgan fingerprint density at radius 2 is 1.87 bits per heavy atom. The number of carbonyl (C=O) groups excluding carboxylic acids is 2. The largest absolute Gasteiger partial charge is 0.376 e. The molecular formula is C17H23FN2O3. The van der Waals surface area contributed by atoms with Gasteiger partial charge in [-0.05, 0) is 44.4 Å². The second-order valence-electron chi connectivity index (χ2n) is 6.28. The van der Waals surface area contributed by atoms with E-state index in [-0.39, 0.29) is 30.3 Å². The molecule has 0 bridgehead atoms. The van der Waals surface area contributed by atoms with Crippen molar-refractivity contribution in [1.82, 2.24) is 10.6 Å². The van der Waals surface area contributed by atoms with E-state index < -0.39 is 5.41 Å². The van der Waals surface area contributed by atoms with E-state index in [1.54, 1.807) is 26.0 Å². The molecule has 0 aliphatic carbocycles. The summed E-state index contributed by atoms with van der Waals surface area (Å²) in [6.45, 7) is 4.56. The first-order valence-corrected chi connectivity index (χ1v) is 7.82. The number of carbonyl (C=O) groups is 2. The average molecular weight is 322 g/mol. The van der Waals surface area contributed by atoms with Gasteiger partial charge in [-0.3, -0.25) is 9.59 Å². The van der Waals surface area contributed by atoms with Crippen molar-refractivity contribution in [2.24, 2.45) is 5.41 Å². The van der Waals surface area contributed by atoms with E-state index in [2.05, 4.69) is 10.6 Å². The van der Waals surface area contributed by atoms with Crippen molar-refractivity contribution in [1.29, 1.82) is 0 Å². The summed E-state index contributed by atoms with van der Waals surface area (Å²) in [6.07, 6.45) is 1.97. The number of hydrogen-bond donors (Lipinski definition) is 2. The van der Waals surface area contributed by atoms with Crippen LogP contribution in [0.2, 0.25) is 0 Å². The molecule has 0 saturated carbocycles. The SMILES string of the molecule is CC(C)(C(=O)NCc1ccc(F)cc1)C(=O)NCC1CCCO1. The molecule has 1 aliphatic rings. The molecular weight excluding hydrogens is 299 g/mol. The molecule has 1 aromatic rings. The van der Waals surface area contributed by atoms with Crippen molar-refractivity contribution >= 4 is 11.8 Å². The number of amides is 2. The number of hydrogen-bond acceptors (Lipinski definition) is 3. The maximum atomic E-state index is 12.8. The first kappa shape index (κ1) is 17.4. The second kappa shape index (κ2) is 7.55. The van der Waals surface area contributed by atoms with Crippen molar-refractivity contribution in [2.45, 2.75) is 39.3 Å². The lowest BCUT2D eigenvalue weighted by Crippen LogP contribution is -2.49. The molecule has 2 amide bonds. The van der Waals surface area contributed by atoms with Gasteiger partial charge in [0.25, 0.3) is 0 Å². The van der Waals surface area contributed by atoms with Crippen LogP contribution in [0.3, 0.4) is 0 Å². The minimum Gasteiger partial charge on any atom is -0.376 e. The molecule has 6 heteroatoms. The Hall–Kier alpha value is -1.95. The minimum atomic E-state index is -1.18. The van der Waals surface area contributed by atoms with Crippen molar-refractivity contribution in [3.8, 4) is 0 Å². The van der Waals surface area contributed by atoms with Gasteiger partial charge in [-0.1, -0.05) is 12.1 Å². The highest BCUT2D eigenvalue weighted by atomic mass is 19.1. The van der Waals surface area contributed by atoms with E-state index >= 15 is 0 Å². The predicted octanol–water partition coefficient (Wildman–Crippen LogP) is 1.76. The van der Waals surface area contributed by atoms with Crippen LogP contribution in [0.5, 0.6) is 0 Å². The molecule has 0 radical (unpaired) electrons. The number of rotatable bonds is 6. The van der Waals surface area contributed by atoms with Crippen LogP contribution >= 0.6 is 0 Å². The first-order chi connectivity index (χ1) is 10.9. The van der Waals surface area contributed by atoms with E-state index in [0.29, 0.717) is 6.54 Å². The molecule has 1 unspecified atom stereocenters. The van der Waals surface area contributed by atoms with E-state index in [4.69, 9.17) is 4.74 Å². The van der Waals surface area contributed by atoms with Crippen LogP contribution in [0, 0.1) is 11.2 Å². The summed E-state index contributed by atoms with van der Waals surface area (Å²) in [5.41, 5.74) is -0.408. The van der Waals surface area contributed by atoms with Crippen LogP contribution in [-0.4, -0.2) is 31.1 Å². The number of halogens is 1. The maximum absolute atomic E-state index is 12.8. The fourth-order valence-corrected chi connectivity index (χ4v) is 2.34. The summed E-state index contributed by atoms with van der Waals surface area (Å²) in [5, 5.41) is 5.49. The third-order valence-corrected chi connectivity index (χ3v) is 4.02. The lowest BCUT2D eigenvalue weighted by Gasteiger charge is -2.23. The van der Waals surface area contributed by atoms with Crippen LogP contribution < -0.4 is 10.6 Å². The van der Waals surface area contributed by atoms with Gasteiger partial charge in [0.2, 0.25) is 11.8 Å². The quantitative estimate of drug-likeness (QED) is 0.784. The fraction of sp³-hybridized carbons (Fsp3) is 0.529. The Labute approximate surface area is 135 Å². The highest BCUT2D eigenvalue weighted by Crippen LogP contribution is 2.17. The standard InChI is InChI=1S/C17H23FN2O3/c1-17(2,16(22)20-11-14-4-3-9-23-14)15(21)19-10-12-5-7-13(18)8-6-12/h5-8,14H,3-4,9-11H2,1-2H3,(H,19,21)(H,20,22). The summed E-state index contributed by atoms with van der Waals surface area (Å²) in [6, 6.07) is 5.86. The Balaban J connectivity index is 1.82. The summed E-state index contributed by atoms with van der Waals surface area (Å²) < 4.78 is 18.3. The molecule has 5 nitrogen and oxygen atoms in total. The smallest absolute Gasteiger partial charge is 0.235 e. The Kier molecular flexibility index (Phi) is 5.71. The van der Waals surface area contributed by atoms with Gasteiger partial charge in [-0.25, -0.2) is 4.39 Å². The van der Waals surface area contributed by atoms with Crippen LogP contribution in [0.25, 0.3) is 0 Å². The molecule has 1 atom stereocenters. The molecule has 1 heterocycles. The molecule has 1 aliphatic heterocycles. The molecule has 2 rings (SSSR count). The summed E-state index contributed by atoms with van der Waals surface area (Å²) in [7, 11) is 0. The van der Waals surface area contributed by atoms with Gasteiger partial charge in [0.1, 0.15) is 11.2 Å². The highest BCUT2D eigenvalue weighted by molar-refractivity contribution is 6.04. The summed E-state index contributed by atoms with van der Waals surface area (Å²) in [5.74, 6) is -1.02. The predicted molar refractivity (Wildman–Crippen MR) is 84.0 cm³/mol. The molecule has 2 N–H and O–H groups in total. The molecule has 1 aromatic carbocycles. The lowest BCUT2D eigenvalue weighted by molar-refractivity contribution is -0.141. The van der Waals surface area contributed by atoms with Gasteiger partial charge in [0.05, 0.1) is 6.10 Å². The normalized spacial score (nSPS) is 17.8. The van der Waals surface area contributed by atoms with Gasteiger partial charge in [0, 0.05) is 19.7 Å². The van der Waals surface area contributed by atoms with Crippen LogP contribution in [0.4, 0.5) is 4.39 Å². The number of nitrogens with one attached hydrogen (secondary N) is 2. The Morgan fingerprint density at radius 3 is 2.48 bits per heavy atom.